The van der Waals surface area contributed by atoms with Gasteiger partial charge in [-0.05, 0) is 34.8 Å². The lowest BCUT2D eigenvalue weighted by atomic mass is 9.86. The number of nitrogens with zero attached hydrogens (tertiary/aromatic N) is 2. The second-order valence-corrected chi connectivity index (χ2v) is 6.84. The van der Waals surface area contributed by atoms with Gasteiger partial charge in [0.2, 0.25) is 5.78 Å². The zero-order chi connectivity index (χ0) is 19.2. The topological polar surface area (TPSA) is 73.9 Å². The largest absolute Gasteiger partial charge is 0.479 e. The SMILES string of the molecule is CC(C)(C)c1ccc(C(=O)/C(C#N)=C/c2ccc(OCC#N)cc2)cc1. The Balaban J connectivity index is 2.22. The van der Waals surface area contributed by atoms with E-state index in [9.17, 15) is 10.1 Å². The summed E-state index contributed by atoms with van der Waals surface area (Å²) in [5.41, 5.74) is 2.40. The van der Waals surface area contributed by atoms with E-state index in [1.807, 2.05) is 24.3 Å². The maximum absolute atomic E-state index is 12.6. The van der Waals surface area contributed by atoms with Crippen LogP contribution >= 0.6 is 0 Å². The molecule has 2 rings (SSSR count). The number of Topliss-reactive ketones (excluding diaryl/α,β-unsaturated/α-hetero) is 1. The van der Waals surface area contributed by atoms with Gasteiger partial charge in [-0.1, -0.05) is 57.2 Å². The zero-order valence-corrected chi connectivity index (χ0v) is 15.1. The highest BCUT2D eigenvalue weighted by atomic mass is 16.5. The average molecular weight is 344 g/mol. The number of benzene rings is 2. The Morgan fingerprint density at radius 1 is 1.04 bits per heavy atom. The molecule has 0 N–H and O–H groups in total. The molecule has 4 nitrogen and oxygen atoms in total. The molecule has 0 aliphatic rings. The van der Waals surface area contributed by atoms with Crippen LogP contribution in [0.15, 0.2) is 54.1 Å². The molecule has 2 aromatic carbocycles. The molecule has 26 heavy (non-hydrogen) atoms. The third-order valence-corrected chi connectivity index (χ3v) is 3.87. The van der Waals surface area contributed by atoms with Crippen molar-refractivity contribution in [3.05, 3.63) is 70.8 Å². The molecule has 0 unspecified atom stereocenters. The van der Waals surface area contributed by atoms with E-state index in [4.69, 9.17) is 10.00 Å². The van der Waals surface area contributed by atoms with E-state index in [1.165, 1.54) is 0 Å². The monoisotopic (exact) mass is 344 g/mol. The number of nitriles is 2. The Labute approximate surface area is 154 Å². The van der Waals surface area contributed by atoms with Crippen molar-refractivity contribution in [3.8, 4) is 17.9 Å². The maximum atomic E-state index is 12.6. The van der Waals surface area contributed by atoms with Crippen molar-refractivity contribution in [3.63, 3.8) is 0 Å². The molecular formula is C22H20N2O2. The van der Waals surface area contributed by atoms with Crippen molar-refractivity contribution < 1.29 is 9.53 Å². The van der Waals surface area contributed by atoms with Crippen molar-refractivity contribution in [2.45, 2.75) is 26.2 Å². The van der Waals surface area contributed by atoms with E-state index in [0.717, 1.165) is 5.56 Å². The molecule has 0 amide bonds. The molecule has 0 heterocycles. The van der Waals surface area contributed by atoms with E-state index < -0.39 is 0 Å². The lowest BCUT2D eigenvalue weighted by Gasteiger charge is -2.18. The van der Waals surface area contributed by atoms with Crippen LogP contribution in [0.25, 0.3) is 6.08 Å². The summed E-state index contributed by atoms with van der Waals surface area (Å²) in [5.74, 6) is 0.254. The van der Waals surface area contributed by atoms with E-state index in [1.54, 1.807) is 42.5 Å². The second-order valence-electron chi connectivity index (χ2n) is 6.84. The van der Waals surface area contributed by atoms with Crippen LogP contribution in [0.3, 0.4) is 0 Å². The first kappa shape index (κ1) is 19.0. The first-order chi connectivity index (χ1) is 12.3. The van der Waals surface area contributed by atoms with Crippen LogP contribution in [0.4, 0.5) is 0 Å². The molecule has 130 valence electrons. The summed E-state index contributed by atoms with van der Waals surface area (Å²) in [6.45, 7) is 6.29. The fourth-order valence-electron chi connectivity index (χ4n) is 2.37. The van der Waals surface area contributed by atoms with Gasteiger partial charge >= 0.3 is 0 Å². The molecule has 0 aliphatic carbocycles. The average Bonchev–Trinajstić information content (AvgIpc) is 2.64. The molecule has 0 spiro atoms. The van der Waals surface area contributed by atoms with E-state index in [-0.39, 0.29) is 23.4 Å². The summed E-state index contributed by atoms with van der Waals surface area (Å²) in [7, 11) is 0. The molecule has 2 aromatic rings. The Kier molecular flexibility index (Phi) is 5.94. The minimum atomic E-state index is -0.308. The highest BCUT2D eigenvalue weighted by Crippen LogP contribution is 2.23. The predicted molar refractivity (Wildman–Crippen MR) is 101 cm³/mol. The lowest BCUT2D eigenvalue weighted by Crippen LogP contribution is -2.11. The Morgan fingerprint density at radius 3 is 2.15 bits per heavy atom. The number of hydrogen-bond donors (Lipinski definition) is 0. The molecular weight excluding hydrogens is 324 g/mol. The molecule has 0 fully saturated rings. The number of allylic oxidation sites excluding steroid dienone is 1. The third kappa shape index (κ3) is 4.82. The van der Waals surface area contributed by atoms with Crippen LogP contribution in [0, 0.1) is 22.7 Å². The fraction of sp³-hybridized carbons (Fsp3) is 0.227. The molecule has 0 bridgehead atoms. The summed E-state index contributed by atoms with van der Waals surface area (Å²) in [6, 6.07) is 18.1. The molecule has 0 aromatic heterocycles. The minimum absolute atomic E-state index is 0.00480. The molecule has 0 saturated heterocycles. The van der Waals surface area contributed by atoms with Crippen LogP contribution in [0.1, 0.15) is 42.3 Å². The summed E-state index contributed by atoms with van der Waals surface area (Å²) < 4.78 is 5.18. The number of rotatable bonds is 5. The molecule has 0 aliphatic heterocycles. The van der Waals surface area contributed by atoms with Gasteiger partial charge in [-0.2, -0.15) is 10.5 Å². The van der Waals surface area contributed by atoms with Gasteiger partial charge in [0.15, 0.2) is 6.61 Å². The van der Waals surface area contributed by atoms with E-state index in [0.29, 0.717) is 16.9 Å². The highest BCUT2D eigenvalue weighted by Gasteiger charge is 2.16. The minimum Gasteiger partial charge on any atom is -0.479 e. The normalized spacial score (nSPS) is 11.3. The number of ether oxygens (including phenoxy) is 1. The highest BCUT2D eigenvalue weighted by molar-refractivity contribution is 6.14. The summed E-state index contributed by atoms with van der Waals surface area (Å²) >= 11 is 0. The van der Waals surface area contributed by atoms with Gasteiger partial charge in [-0.3, -0.25) is 4.79 Å². The van der Waals surface area contributed by atoms with Crippen LogP contribution in [-0.2, 0) is 5.41 Å². The van der Waals surface area contributed by atoms with Crippen LogP contribution in [0.2, 0.25) is 0 Å². The Bertz CT molecular complexity index is 888. The number of hydrogen-bond acceptors (Lipinski definition) is 4. The molecule has 0 saturated carbocycles. The zero-order valence-electron chi connectivity index (χ0n) is 15.1. The summed E-state index contributed by atoms with van der Waals surface area (Å²) in [5, 5.41) is 17.9. The quantitative estimate of drug-likeness (QED) is 0.448. The van der Waals surface area contributed by atoms with Crippen LogP contribution < -0.4 is 4.74 Å². The first-order valence-electron chi connectivity index (χ1n) is 8.22. The number of carbonyl (C=O) groups is 1. The van der Waals surface area contributed by atoms with Gasteiger partial charge in [-0.15, -0.1) is 0 Å². The van der Waals surface area contributed by atoms with Gasteiger partial charge in [0.25, 0.3) is 0 Å². The van der Waals surface area contributed by atoms with Gasteiger partial charge in [0, 0.05) is 5.56 Å². The lowest BCUT2D eigenvalue weighted by molar-refractivity contribution is 0.104. The van der Waals surface area contributed by atoms with E-state index in [2.05, 4.69) is 20.8 Å². The van der Waals surface area contributed by atoms with Gasteiger partial charge in [-0.25, -0.2) is 0 Å². The predicted octanol–water partition coefficient (Wildman–Crippen LogP) is 4.68. The van der Waals surface area contributed by atoms with Crippen molar-refractivity contribution in [1.82, 2.24) is 0 Å². The van der Waals surface area contributed by atoms with Crippen molar-refractivity contribution in [1.29, 1.82) is 10.5 Å². The summed E-state index contributed by atoms with van der Waals surface area (Å²) in [4.78, 5) is 12.6. The van der Waals surface area contributed by atoms with Crippen LogP contribution in [0.5, 0.6) is 5.75 Å². The fourth-order valence-corrected chi connectivity index (χ4v) is 2.37. The second kappa shape index (κ2) is 8.14. The van der Waals surface area contributed by atoms with Gasteiger partial charge in [0.05, 0.1) is 0 Å². The number of ketones is 1. The molecule has 0 radical (unpaired) electrons. The van der Waals surface area contributed by atoms with Gasteiger partial charge < -0.3 is 4.74 Å². The molecule has 0 atom stereocenters. The van der Waals surface area contributed by atoms with Crippen LogP contribution in [-0.4, -0.2) is 12.4 Å². The maximum Gasteiger partial charge on any atom is 0.203 e. The molecule has 4 heteroatoms. The van der Waals surface area contributed by atoms with E-state index >= 15 is 0 Å². The first-order valence-corrected chi connectivity index (χ1v) is 8.22. The Morgan fingerprint density at radius 2 is 1.65 bits per heavy atom. The van der Waals surface area contributed by atoms with Crippen molar-refractivity contribution in [2.75, 3.05) is 6.61 Å². The standard InChI is InChI=1S/C22H20N2O2/c1-22(2,3)19-8-6-17(7-9-19)21(25)18(15-24)14-16-4-10-20(11-5-16)26-13-12-23/h4-11,14H,13H2,1-3H3/b18-14+. The smallest absolute Gasteiger partial charge is 0.203 e. The van der Waals surface area contributed by atoms with Crippen molar-refractivity contribution >= 4 is 11.9 Å². The van der Waals surface area contributed by atoms with Crippen molar-refractivity contribution in [2.24, 2.45) is 0 Å². The Hall–Kier alpha value is -3.37. The number of carbonyl (C=O) groups excluding carboxylic acids is 1. The summed E-state index contributed by atoms with van der Waals surface area (Å²) in [6.07, 6.45) is 1.55. The van der Waals surface area contributed by atoms with Gasteiger partial charge in [0.1, 0.15) is 23.5 Å². The third-order valence-electron chi connectivity index (χ3n) is 3.87.